The highest BCUT2D eigenvalue weighted by Crippen LogP contribution is 2.17. The van der Waals surface area contributed by atoms with E-state index in [2.05, 4.69) is 34.7 Å². The Hall–Kier alpha value is -2.08. The zero-order valence-corrected chi connectivity index (χ0v) is 17.6. The van der Waals surface area contributed by atoms with E-state index in [1.54, 1.807) is 19.0 Å². The number of likely N-dealkylation sites (N-methyl/N-ethyl adjacent to an activating group) is 1. The minimum absolute atomic E-state index is 0.00441. The monoisotopic (exact) mass is 388 g/mol. The van der Waals surface area contributed by atoms with Crippen LogP contribution in [0.3, 0.4) is 0 Å². The Balaban J connectivity index is 1.75. The van der Waals surface area contributed by atoms with Gasteiger partial charge in [0.15, 0.2) is 5.96 Å². The summed E-state index contributed by atoms with van der Waals surface area (Å²) in [7, 11) is 3.51. The molecular weight excluding hydrogens is 352 g/mol. The molecule has 1 aliphatic carbocycles. The molecule has 0 spiro atoms. The molecule has 0 aliphatic heterocycles. The van der Waals surface area contributed by atoms with Crippen LogP contribution in [0.25, 0.3) is 0 Å². The molecule has 6 nitrogen and oxygen atoms in total. The van der Waals surface area contributed by atoms with E-state index in [0.717, 1.165) is 18.9 Å². The summed E-state index contributed by atoms with van der Waals surface area (Å²) in [6, 6.07) is 10.7. The van der Waals surface area contributed by atoms with E-state index in [1.165, 1.54) is 37.7 Å². The van der Waals surface area contributed by atoms with E-state index in [0.29, 0.717) is 12.6 Å². The number of nitrogens with zero attached hydrogens (tertiary/aromatic N) is 2. The molecule has 1 atom stereocenters. The third-order valence-electron chi connectivity index (χ3n) is 5.07. The van der Waals surface area contributed by atoms with Gasteiger partial charge < -0.3 is 20.3 Å². The highest BCUT2D eigenvalue weighted by Gasteiger charge is 2.15. The summed E-state index contributed by atoms with van der Waals surface area (Å²) in [5, 5.41) is 6.87. The van der Waals surface area contributed by atoms with E-state index >= 15 is 0 Å². The Morgan fingerprint density at radius 1 is 1.21 bits per heavy atom. The number of benzene rings is 1. The number of hydrogen-bond donors (Lipinski definition) is 2. The number of nitrogens with one attached hydrogen (secondary N) is 2. The largest absolute Gasteiger partial charge is 0.374 e. The molecule has 1 fully saturated rings. The van der Waals surface area contributed by atoms with Gasteiger partial charge >= 0.3 is 0 Å². The van der Waals surface area contributed by atoms with Gasteiger partial charge in [-0.2, -0.15) is 0 Å². The van der Waals surface area contributed by atoms with Gasteiger partial charge in [-0.3, -0.25) is 4.79 Å². The number of hydrogen-bond acceptors (Lipinski definition) is 3. The predicted molar refractivity (Wildman–Crippen MR) is 114 cm³/mol. The maximum Gasteiger partial charge on any atom is 0.243 e. The molecule has 1 saturated carbocycles. The van der Waals surface area contributed by atoms with Crippen LogP contribution in [0.2, 0.25) is 0 Å². The van der Waals surface area contributed by atoms with E-state index < -0.39 is 0 Å². The lowest BCUT2D eigenvalue weighted by atomic mass is 9.96. The van der Waals surface area contributed by atoms with Crippen molar-refractivity contribution >= 4 is 11.9 Å². The summed E-state index contributed by atoms with van der Waals surface area (Å²) in [6.45, 7) is 3.68. The first kappa shape index (κ1) is 22.2. The van der Waals surface area contributed by atoms with Crippen molar-refractivity contribution in [2.75, 3.05) is 33.8 Å². The summed E-state index contributed by atoms with van der Waals surface area (Å²) in [4.78, 5) is 17.9. The first-order valence-corrected chi connectivity index (χ1v) is 10.5. The average molecular weight is 389 g/mol. The lowest BCUT2D eigenvalue weighted by molar-refractivity contribution is -0.127. The maximum absolute atomic E-state index is 11.9. The Kier molecular flexibility index (Phi) is 9.83. The van der Waals surface area contributed by atoms with Gasteiger partial charge in [-0.05, 0) is 31.7 Å². The molecule has 156 valence electrons. The fourth-order valence-electron chi connectivity index (χ4n) is 3.24. The van der Waals surface area contributed by atoms with Gasteiger partial charge in [0.2, 0.25) is 5.91 Å². The molecule has 1 aromatic carbocycles. The van der Waals surface area contributed by atoms with Crippen molar-refractivity contribution in [3.8, 4) is 0 Å². The van der Waals surface area contributed by atoms with Crippen LogP contribution in [-0.4, -0.2) is 56.6 Å². The van der Waals surface area contributed by atoms with Gasteiger partial charge in [-0.15, -0.1) is 0 Å². The number of amides is 1. The van der Waals surface area contributed by atoms with Gasteiger partial charge in [0.1, 0.15) is 6.54 Å². The van der Waals surface area contributed by atoms with Crippen molar-refractivity contribution in [3.63, 3.8) is 0 Å². The number of guanidine groups is 1. The Morgan fingerprint density at radius 3 is 2.61 bits per heavy atom. The second kappa shape index (κ2) is 12.4. The Labute approximate surface area is 169 Å². The summed E-state index contributed by atoms with van der Waals surface area (Å²) >= 11 is 0. The van der Waals surface area contributed by atoms with Gasteiger partial charge in [-0.1, -0.05) is 49.6 Å². The molecule has 0 aromatic heterocycles. The smallest absolute Gasteiger partial charge is 0.243 e. The van der Waals surface area contributed by atoms with Crippen LogP contribution in [0.15, 0.2) is 35.3 Å². The highest BCUT2D eigenvalue weighted by atomic mass is 16.5. The van der Waals surface area contributed by atoms with Crippen molar-refractivity contribution < 1.29 is 9.53 Å². The van der Waals surface area contributed by atoms with Crippen LogP contribution in [-0.2, 0) is 9.53 Å². The predicted octanol–water partition coefficient (Wildman–Crippen LogP) is 3.11. The van der Waals surface area contributed by atoms with E-state index in [1.807, 2.05) is 18.2 Å². The minimum Gasteiger partial charge on any atom is -0.374 e. The van der Waals surface area contributed by atoms with Crippen molar-refractivity contribution in [3.05, 3.63) is 35.9 Å². The first-order chi connectivity index (χ1) is 13.6. The van der Waals surface area contributed by atoms with Crippen LogP contribution in [0.4, 0.5) is 0 Å². The lowest BCUT2D eigenvalue weighted by Crippen LogP contribution is -2.45. The van der Waals surface area contributed by atoms with Crippen molar-refractivity contribution in [1.29, 1.82) is 0 Å². The third kappa shape index (κ3) is 8.30. The fraction of sp³-hybridized carbons (Fsp3) is 0.636. The van der Waals surface area contributed by atoms with Gasteiger partial charge in [-0.25, -0.2) is 4.99 Å². The number of rotatable bonds is 9. The second-order valence-corrected chi connectivity index (χ2v) is 7.64. The summed E-state index contributed by atoms with van der Waals surface area (Å²) in [6.07, 6.45) is 7.13. The van der Waals surface area contributed by atoms with Crippen LogP contribution in [0.5, 0.6) is 0 Å². The topological polar surface area (TPSA) is 66.0 Å². The van der Waals surface area contributed by atoms with Crippen LogP contribution in [0, 0.1) is 0 Å². The summed E-state index contributed by atoms with van der Waals surface area (Å²) in [5.41, 5.74) is 1.19. The number of carbonyl (C=O) groups excluding carboxylic acids is 1. The molecule has 0 heterocycles. The molecule has 1 amide bonds. The minimum atomic E-state index is 0.00441. The molecule has 0 saturated heterocycles. The van der Waals surface area contributed by atoms with E-state index in [9.17, 15) is 4.79 Å². The zero-order chi connectivity index (χ0) is 20.2. The molecule has 1 aliphatic rings. The molecule has 2 rings (SSSR count). The Bertz CT molecular complexity index is 598. The molecule has 28 heavy (non-hydrogen) atoms. The fourth-order valence-corrected chi connectivity index (χ4v) is 3.24. The second-order valence-electron chi connectivity index (χ2n) is 7.64. The lowest BCUT2D eigenvalue weighted by Gasteiger charge is -2.25. The number of ether oxygens (including phenoxy) is 1. The molecule has 1 unspecified atom stereocenters. The molecular formula is C22H36N4O2. The SMILES string of the molecule is CC(OCCCNC(=NCC(=O)N(C)C)NC1CCCCC1)c1ccccc1. The third-order valence-corrected chi connectivity index (χ3v) is 5.07. The maximum atomic E-state index is 11.9. The highest BCUT2D eigenvalue weighted by molar-refractivity contribution is 5.84. The summed E-state index contributed by atoms with van der Waals surface area (Å²) < 4.78 is 5.93. The van der Waals surface area contributed by atoms with Gasteiger partial charge in [0.05, 0.1) is 6.10 Å². The van der Waals surface area contributed by atoms with Gasteiger partial charge in [0, 0.05) is 33.3 Å². The number of aliphatic imine (C=N–C) groups is 1. The standard InChI is InChI=1S/C22H36N4O2/c1-18(19-11-6-4-7-12-19)28-16-10-15-23-22(24-17-21(27)26(2)3)25-20-13-8-5-9-14-20/h4,6-7,11-12,18,20H,5,8-10,13-17H2,1-3H3,(H2,23,24,25). The molecule has 0 radical (unpaired) electrons. The number of carbonyl (C=O) groups is 1. The van der Waals surface area contributed by atoms with Crippen LogP contribution in [0.1, 0.15) is 57.1 Å². The normalized spacial score (nSPS) is 16.5. The van der Waals surface area contributed by atoms with Crippen molar-refractivity contribution in [2.45, 2.75) is 57.6 Å². The Morgan fingerprint density at radius 2 is 1.93 bits per heavy atom. The van der Waals surface area contributed by atoms with Crippen molar-refractivity contribution in [1.82, 2.24) is 15.5 Å². The average Bonchev–Trinajstić information content (AvgIpc) is 2.72. The zero-order valence-electron chi connectivity index (χ0n) is 17.6. The first-order valence-electron chi connectivity index (χ1n) is 10.5. The van der Waals surface area contributed by atoms with Crippen molar-refractivity contribution in [2.24, 2.45) is 4.99 Å². The van der Waals surface area contributed by atoms with Crippen LogP contribution >= 0.6 is 0 Å². The molecule has 2 N–H and O–H groups in total. The molecule has 6 heteroatoms. The van der Waals surface area contributed by atoms with Crippen LogP contribution < -0.4 is 10.6 Å². The summed E-state index contributed by atoms with van der Waals surface area (Å²) in [5.74, 6) is 0.739. The van der Waals surface area contributed by atoms with E-state index in [-0.39, 0.29) is 18.6 Å². The quantitative estimate of drug-likeness (QED) is 0.388. The van der Waals surface area contributed by atoms with Gasteiger partial charge in [0.25, 0.3) is 0 Å². The molecule has 0 bridgehead atoms. The van der Waals surface area contributed by atoms with E-state index in [4.69, 9.17) is 4.74 Å². The molecule has 1 aromatic rings.